The number of amides is 2. The van der Waals surface area contributed by atoms with Crippen molar-refractivity contribution in [1.82, 2.24) is 5.32 Å². The van der Waals surface area contributed by atoms with Crippen molar-refractivity contribution in [1.29, 1.82) is 0 Å². The minimum atomic E-state index is -0.650. The average molecular weight is 421 g/mol. The van der Waals surface area contributed by atoms with Gasteiger partial charge in [-0.2, -0.15) is 0 Å². The first-order chi connectivity index (χ1) is 14.7. The number of ether oxygens (including phenoxy) is 1. The molecule has 0 radical (unpaired) electrons. The molecule has 160 valence electrons. The number of rotatable bonds is 6. The summed E-state index contributed by atoms with van der Waals surface area (Å²) in [5.41, 5.74) is 8.93. The normalized spacial score (nSPS) is 18.9. The highest BCUT2D eigenvalue weighted by atomic mass is 19.1. The van der Waals surface area contributed by atoms with Crippen LogP contribution in [0.5, 0.6) is 0 Å². The first kappa shape index (κ1) is 20.8. The van der Waals surface area contributed by atoms with Gasteiger partial charge in [-0.15, -0.1) is 0 Å². The van der Waals surface area contributed by atoms with Crippen LogP contribution in [0.15, 0.2) is 54.3 Å². The van der Waals surface area contributed by atoms with Crippen LogP contribution in [-0.2, 0) is 20.7 Å². The zero-order valence-corrected chi connectivity index (χ0v) is 17.4. The summed E-state index contributed by atoms with van der Waals surface area (Å²) in [7, 11) is 0. The predicted octanol–water partition coefficient (Wildman–Crippen LogP) is 3.00. The van der Waals surface area contributed by atoms with Crippen molar-refractivity contribution in [2.24, 2.45) is 5.73 Å². The monoisotopic (exact) mass is 421 g/mol. The fourth-order valence-electron chi connectivity index (χ4n) is 3.90. The van der Waals surface area contributed by atoms with Crippen molar-refractivity contribution in [3.63, 3.8) is 0 Å². The standard InChI is InChI=1S/C24H24FN3O3/c1-24(2)18(15-5-3-14(4-6-15)9-10-27-13-21(26)29)12-20(31-24)22-17-11-16(25)7-8-19(17)28-23(22)30/h3-8,11-12,27H,9-10,13H2,1-2H3,(H2,26,29)(H,28,30). The molecule has 0 bridgehead atoms. The number of anilines is 1. The van der Waals surface area contributed by atoms with Crippen molar-refractivity contribution in [2.75, 3.05) is 18.4 Å². The first-order valence-electron chi connectivity index (χ1n) is 10.1. The Kier molecular flexibility index (Phi) is 5.37. The number of fused-ring (bicyclic) bond motifs is 1. The van der Waals surface area contributed by atoms with Crippen molar-refractivity contribution in [3.05, 3.63) is 76.8 Å². The minimum Gasteiger partial charge on any atom is -0.482 e. The third-order valence-electron chi connectivity index (χ3n) is 5.42. The zero-order valence-electron chi connectivity index (χ0n) is 17.4. The summed E-state index contributed by atoms with van der Waals surface area (Å²) in [5.74, 6) is -0.656. The van der Waals surface area contributed by atoms with Crippen LogP contribution in [0.4, 0.5) is 10.1 Å². The largest absolute Gasteiger partial charge is 0.482 e. The molecule has 0 saturated carbocycles. The van der Waals surface area contributed by atoms with Gasteiger partial charge >= 0.3 is 0 Å². The van der Waals surface area contributed by atoms with Crippen LogP contribution in [0.25, 0.3) is 11.1 Å². The highest BCUT2D eigenvalue weighted by molar-refractivity contribution is 6.32. The van der Waals surface area contributed by atoms with Gasteiger partial charge in [0, 0.05) is 16.8 Å². The van der Waals surface area contributed by atoms with E-state index in [0.717, 1.165) is 23.1 Å². The van der Waals surface area contributed by atoms with Crippen molar-refractivity contribution in [2.45, 2.75) is 25.9 Å². The number of carbonyl (C=O) groups is 2. The lowest BCUT2D eigenvalue weighted by Gasteiger charge is -2.23. The number of carbonyl (C=O) groups excluding carboxylic acids is 2. The van der Waals surface area contributed by atoms with Crippen LogP contribution in [0.3, 0.4) is 0 Å². The Morgan fingerprint density at radius 1 is 1.19 bits per heavy atom. The van der Waals surface area contributed by atoms with E-state index in [1.807, 2.05) is 44.2 Å². The molecule has 2 heterocycles. The van der Waals surface area contributed by atoms with Crippen LogP contribution in [0.1, 0.15) is 30.5 Å². The molecule has 0 fully saturated rings. The van der Waals surface area contributed by atoms with Crippen molar-refractivity contribution < 1.29 is 18.7 Å². The van der Waals surface area contributed by atoms with Gasteiger partial charge in [-0.05, 0) is 62.2 Å². The maximum atomic E-state index is 13.8. The lowest BCUT2D eigenvalue weighted by Crippen LogP contribution is -2.29. The number of halogens is 1. The molecule has 0 saturated heterocycles. The lowest BCUT2D eigenvalue weighted by atomic mass is 9.91. The van der Waals surface area contributed by atoms with Gasteiger partial charge in [0.25, 0.3) is 5.91 Å². The summed E-state index contributed by atoms with van der Waals surface area (Å²) in [6.45, 7) is 4.69. The van der Waals surface area contributed by atoms with E-state index in [1.54, 1.807) is 6.07 Å². The molecule has 0 atom stereocenters. The minimum absolute atomic E-state index is 0.161. The third-order valence-corrected chi connectivity index (χ3v) is 5.42. The number of allylic oxidation sites excluding steroid dienone is 1. The second kappa shape index (κ2) is 8.00. The molecule has 0 unspecified atom stereocenters. The van der Waals surface area contributed by atoms with E-state index in [2.05, 4.69) is 10.6 Å². The van der Waals surface area contributed by atoms with Crippen LogP contribution in [0, 0.1) is 5.82 Å². The van der Waals surface area contributed by atoms with Crippen LogP contribution >= 0.6 is 0 Å². The van der Waals surface area contributed by atoms with Gasteiger partial charge in [0.1, 0.15) is 17.2 Å². The van der Waals surface area contributed by atoms with Gasteiger partial charge in [-0.25, -0.2) is 4.39 Å². The molecule has 0 aliphatic carbocycles. The van der Waals surface area contributed by atoms with E-state index in [9.17, 15) is 14.0 Å². The van der Waals surface area contributed by atoms with E-state index in [-0.39, 0.29) is 18.4 Å². The Balaban J connectivity index is 1.60. The van der Waals surface area contributed by atoms with Gasteiger partial charge in [-0.1, -0.05) is 24.3 Å². The molecule has 7 heteroatoms. The molecule has 2 aliphatic rings. The van der Waals surface area contributed by atoms with Crippen molar-refractivity contribution >= 4 is 28.6 Å². The molecule has 2 aromatic rings. The van der Waals surface area contributed by atoms with E-state index in [4.69, 9.17) is 10.5 Å². The van der Waals surface area contributed by atoms with Gasteiger partial charge < -0.3 is 21.1 Å². The van der Waals surface area contributed by atoms with E-state index in [1.165, 1.54) is 12.1 Å². The molecule has 31 heavy (non-hydrogen) atoms. The molecule has 4 N–H and O–H groups in total. The fraction of sp³-hybridized carbons (Fsp3) is 0.250. The van der Waals surface area contributed by atoms with E-state index < -0.39 is 11.4 Å². The SMILES string of the molecule is CC1(C)OC(=C2C(=O)Nc3ccc(F)cc32)C=C1c1ccc(CCNCC(N)=O)cc1. The number of nitrogens with one attached hydrogen (secondary N) is 2. The summed E-state index contributed by atoms with van der Waals surface area (Å²) in [4.78, 5) is 23.3. The summed E-state index contributed by atoms with van der Waals surface area (Å²) < 4.78 is 19.9. The Hall–Kier alpha value is -3.45. The summed E-state index contributed by atoms with van der Waals surface area (Å²) >= 11 is 0. The topological polar surface area (TPSA) is 93.4 Å². The number of benzene rings is 2. The molecule has 2 amide bonds. The van der Waals surface area contributed by atoms with Crippen LogP contribution in [-0.4, -0.2) is 30.5 Å². The zero-order chi connectivity index (χ0) is 22.2. The lowest BCUT2D eigenvalue weighted by molar-refractivity contribution is -0.117. The molecule has 0 spiro atoms. The van der Waals surface area contributed by atoms with Gasteiger partial charge in [0.15, 0.2) is 0 Å². The van der Waals surface area contributed by atoms with Crippen LogP contribution in [0.2, 0.25) is 0 Å². The summed E-state index contributed by atoms with van der Waals surface area (Å²) in [5, 5.41) is 5.76. The maximum absolute atomic E-state index is 13.8. The van der Waals surface area contributed by atoms with Gasteiger partial charge in [0.2, 0.25) is 5.91 Å². The third kappa shape index (κ3) is 4.22. The van der Waals surface area contributed by atoms with E-state index in [0.29, 0.717) is 29.1 Å². The van der Waals surface area contributed by atoms with Gasteiger partial charge in [0.05, 0.1) is 12.1 Å². The maximum Gasteiger partial charge on any atom is 0.260 e. The Bertz CT molecular complexity index is 1120. The van der Waals surface area contributed by atoms with Gasteiger partial charge in [-0.3, -0.25) is 9.59 Å². The average Bonchev–Trinajstić information content (AvgIpc) is 3.20. The number of nitrogens with two attached hydrogens (primary N) is 1. The van der Waals surface area contributed by atoms with E-state index >= 15 is 0 Å². The number of primary amides is 1. The smallest absolute Gasteiger partial charge is 0.260 e. The second-order valence-corrected chi connectivity index (χ2v) is 8.14. The second-order valence-electron chi connectivity index (χ2n) is 8.14. The number of hydrogen-bond acceptors (Lipinski definition) is 4. The number of hydrogen-bond donors (Lipinski definition) is 3. The van der Waals surface area contributed by atoms with Crippen molar-refractivity contribution in [3.8, 4) is 0 Å². The quantitative estimate of drug-likeness (QED) is 0.494. The van der Waals surface area contributed by atoms with Crippen LogP contribution < -0.4 is 16.4 Å². The molecule has 6 nitrogen and oxygen atoms in total. The molecular weight excluding hydrogens is 397 g/mol. The Labute approximate surface area is 180 Å². The molecule has 2 aromatic carbocycles. The molecule has 4 rings (SSSR count). The molecule has 0 aromatic heterocycles. The molecule has 2 aliphatic heterocycles. The predicted molar refractivity (Wildman–Crippen MR) is 117 cm³/mol. The Morgan fingerprint density at radius 2 is 1.94 bits per heavy atom. The highest BCUT2D eigenvalue weighted by Gasteiger charge is 2.38. The fourth-order valence-corrected chi connectivity index (χ4v) is 3.90. The highest BCUT2D eigenvalue weighted by Crippen LogP contribution is 2.44. The summed E-state index contributed by atoms with van der Waals surface area (Å²) in [6.07, 6.45) is 2.63. The Morgan fingerprint density at radius 3 is 2.65 bits per heavy atom. The molecular formula is C24H24FN3O3. The summed E-state index contributed by atoms with van der Waals surface area (Å²) in [6, 6.07) is 12.3. The first-order valence-corrected chi connectivity index (χ1v) is 10.1.